The van der Waals surface area contributed by atoms with Gasteiger partial charge in [-0.2, -0.15) is 0 Å². The molecule has 1 aromatic carbocycles. The predicted octanol–water partition coefficient (Wildman–Crippen LogP) is 2.45. The highest BCUT2D eigenvalue weighted by molar-refractivity contribution is 9.09. The molecule has 3 nitrogen and oxygen atoms in total. The largest absolute Gasteiger partial charge is 0.240 e. The number of hydrogen-bond acceptors (Lipinski definition) is 2. The second-order valence-electron chi connectivity index (χ2n) is 3.82. The average Bonchev–Trinajstić information content (AvgIpc) is 2.17. The fourth-order valence-corrected chi connectivity index (χ4v) is 3.41. The van der Waals surface area contributed by atoms with E-state index in [1.165, 1.54) is 0 Å². The summed E-state index contributed by atoms with van der Waals surface area (Å²) in [7, 11) is -3.38. The SMILES string of the molecule is Cc1cccc(S(=O)(=O)NC(C)CCBr)c1. The smallest absolute Gasteiger partial charge is 0.208 e. The number of benzene rings is 1. The number of rotatable bonds is 5. The topological polar surface area (TPSA) is 46.2 Å². The Morgan fingerprint density at radius 2 is 2.12 bits per heavy atom. The van der Waals surface area contributed by atoms with Gasteiger partial charge in [-0.15, -0.1) is 0 Å². The van der Waals surface area contributed by atoms with E-state index in [-0.39, 0.29) is 6.04 Å². The van der Waals surface area contributed by atoms with Gasteiger partial charge in [0.1, 0.15) is 0 Å². The fraction of sp³-hybridized carbons (Fsp3) is 0.455. The highest BCUT2D eigenvalue weighted by Crippen LogP contribution is 2.11. The van der Waals surface area contributed by atoms with Crippen LogP contribution in [0.3, 0.4) is 0 Å². The van der Waals surface area contributed by atoms with Crippen molar-refractivity contribution in [3.05, 3.63) is 29.8 Å². The van der Waals surface area contributed by atoms with Crippen LogP contribution >= 0.6 is 15.9 Å². The first-order valence-electron chi connectivity index (χ1n) is 5.10. The van der Waals surface area contributed by atoms with Gasteiger partial charge in [-0.1, -0.05) is 28.1 Å². The van der Waals surface area contributed by atoms with E-state index in [4.69, 9.17) is 0 Å². The van der Waals surface area contributed by atoms with Gasteiger partial charge in [0, 0.05) is 11.4 Å². The lowest BCUT2D eigenvalue weighted by molar-refractivity contribution is 0.557. The molecule has 0 amide bonds. The maximum absolute atomic E-state index is 11.9. The molecule has 90 valence electrons. The summed E-state index contributed by atoms with van der Waals surface area (Å²) in [5.74, 6) is 0. The molecule has 0 bridgehead atoms. The minimum Gasteiger partial charge on any atom is -0.208 e. The monoisotopic (exact) mass is 305 g/mol. The number of alkyl halides is 1. The Bertz CT molecular complexity index is 445. The highest BCUT2D eigenvalue weighted by atomic mass is 79.9. The lowest BCUT2D eigenvalue weighted by Crippen LogP contribution is -2.32. The van der Waals surface area contributed by atoms with Crippen LogP contribution in [0, 0.1) is 6.92 Å². The molecule has 0 saturated heterocycles. The van der Waals surface area contributed by atoms with Crippen LogP contribution in [-0.4, -0.2) is 19.8 Å². The van der Waals surface area contributed by atoms with Crippen LogP contribution < -0.4 is 4.72 Å². The standard InChI is InChI=1S/C11H16BrNO2S/c1-9-4-3-5-11(8-9)16(14,15)13-10(2)6-7-12/h3-5,8,10,13H,6-7H2,1-2H3. The van der Waals surface area contributed by atoms with E-state index in [9.17, 15) is 8.42 Å². The van der Waals surface area contributed by atoms with Gasteiger partial charge in [0.25, 0.3) is 0 Å². The van der Waals surface area contributed by atoms with Crippen molar-refractivity contribution in [2.75, 3.05) is 5.33 Å². The molecule has 0 aliphatic carbocycles. The Hall–Kier alpha value is -0.390. The molecule has 5 heteroatoms. The number of aryl methyl sites for hydroxylation is 1. The second kappa shape index (κ2) is 5.80. The molecule has 0 saturated carbocycles. The molecular weight excluding hydrogens is 290 g/mol. The first-order chi connectivity index (χ1) is 7.45. The summed E-state index contributed by atoms with van der Waals surface area (Å²) in [5.41, 5.74) is 0.941. The second-order valence-corrected chi connectivity index (χ2v) is 6.32. The molecule has 1 atom stereocenters. The third kappa shape index (κ3) is 3.88. The Morgan fingerprint density at radius 3 is 2.69 bits per heavy atom. The summed E-state index contributed by atoms with van der Waals surface area (Å²) in [4.78, 5) is 0.328. The summed E-state index contributed by atoms with van der Waals surface area (Å²) in [6, 6.07) is 6.84. The van der Waals surface area contributed by atoms with Crippen LogP contribution in [0.5, 0.6) is 0 Å². The third-order valence-corrected chi connectivity index (χ3v) is 4.24. The molecule has 0 heterocycles. The zero-order valence-electron chi connectivity index (χ0n) is 9.40. The van der Waals surface area contributed by atoms with Crippen LogP contribution in [0.25, 0.3) is 0 Å². The molecule has 0 radical (unpaired) electrons. The van der Waals surface area contributed by atoms with Gasteiger partial charge in [0.2, 0.25) is 10.0 Å². The van der Waals surface area contributed by atoms with E-state index >= 15 is 0 Å². The van der Waals surface area contributed by atoms with Crippen molar-refractivity contribution in [3.63, 3.8) is 0 Å². The Kier molecular flexibility index (Phi) is 4.95. The lowest BCUT2D eigenvalue weighted by Gasteiger charge is -2.13. The van der Waals surface area contributed by atoms with Crippen LogP contribution in [0.15, 0.2) is 29.2 Å². The zero-order chi connectivity index (χ0) is 12.2. The summed E-state index contributed by atoms with van der Waals surface area (Å²) in [5, 5.41) is 0.782. The minimum absolute atomic E-state index is 0.0649. The average molecular weight is 306 g/mol. The molecule has 0 aliphatic rings. The number of nitrogens with one attached hydrogen (secondary N) is 1. The zero-order valence-corrected chi connectivity index (χ0v) is 11.8. The minimum atomic E-state index is -3.38. The summed E-state index contributed by atoms with van der Waals surface area (Å²) in [6.07, 6.45) is 0.769. The van der Waals surface area contributed by atoms with Crippen LogP contribution in [0.1, 0.15) is 18.9 Å². The first kappa shape index (κ1) is 13.7. The van der Waals surface area contributed by atoms with Crippen molar-refractivity contribution >= 4 is 26.0 Å². The van der Waals surface area contributed by atoms with Gasteiger partial charge in [-0.3, -0.25) is 0 Å². The number of halogens is 1. The van der Waals surface area contributed by atoms with E-state index in [0.717, 1.165) is 17.3 Å². The van der Waals surface area contributed by atoms with E-state index in [1.54, 1.807) is 18.2 Å². The van der Waals surface area contributed by atoms with Gasteiger partial charge < -0.3 is 0 Å². The molecular formula is C11H16BrNO2S. The molecule has 1 unspecified atom stereocenters. The van der Waals surface area contributed by atoms with Crippen molar-refractivity contribution in [3.8, 4) is 0 Å². The van der Waals surface area contributed by atoms with Gasteiger partial charge in [-0.25, -0.2) is 13.1 Å². The summed E-state index contributed by atoms with van der Waals surface area (Å²) in [6.45, 7) is 3.73. The molecule has 0 fully saturated rings. The van der Waals surface area contributed by atoms with Crippen molar-refractivity contribution < 1.29 is 8.42 Å². The Balaban J connectivity index is 2.86. The summed E-state index contributed by atoms with van der Waals surface area (Å²) >= 11 is 3.29. The molecule has 16 heavy (non-hydrogen) atoms. The Labute approximate surface area is 105 Å². The van der Waals surface area contributed by atoms with Crippen molar-refractivity contribution in [1.29, 1.82) is 0 Å². The lowest BCUT2D eigenvalue weighted by atomic mass is 10.2. The highest BCUT2D eigenvalue weighted by Gasteiger charge is 2.16. The van der Waals surface area contributed by atoms with Crippen LogP contribution in [0.2, 0.25) is 0 Å². The number of hydrogen-bond donors (Lipinski definition) is 1. The maximum Gasteiger partial charge on any atom is 0.240 e. The van der Waals surface area contributed by atoms with Crippen molar-refractivity contribution in [2.45, 2.75) is 31.2 Å². The van der Waals surface area contributed by atoms with Crippen molar-refractivity contribution in [1.82, 2.24) is 4.72 Å². The first-order valence-corrected chi connectivity index (χ1v) is 7.71. The molecule has 1 aromatic rings. The third-order valence-electron chi connectivity index (χ3n) is 2.20. The van der Waals surface area contributed by atoms with Gasteiger partial charge in [0.05, 0.1) is 4.90 Å². The Morgan fingerprint density at radius 1 is 1.44 bits per heavy atom. The van der Waals surface area contributed by atoms with Gasteiger partial charge >= 0.3 is 0 Å². The quantitative estimate of drug-likeness (QED) is 0.849. The fourth-order valence-electron chi connectivity index (χ4n) is 1.34. The normalized spacial score (nSPS) is 13.7. The molecule has 0 spiro atoms. The molecule has 1 rings (SSSR count). The van der Waals surface area contributed by atoms with Gasteiger partial charge in [-0.05, 0) is 38.0 Å². The summed E-state index contributed by atoms with van der Waals surface area (Å²) < 4.78 is 26.5. The number of sulfonamides is 1. The van der Waals surface area contributed by atoms with Crippen LogP contribution in [0.4, 0.5) is 0 Å². The van der Waals surface area contributed by atoms with Crippen molar-refractivity contribution in [2.24, 2.45) is 0 Å². The van der Waals surface area contributed by atoms with E-state index in [2.05, 4.69) is 20.7 Å². The molecule has 0 aliphatic heterocycles. The van der Waals surface area contributed by atoms with E-state index < -0.39 is 10.0 Å². The van der Waals surface area contributed by atoms with Crippen LogP contribution in [-0.2, 0) is 10.0 Å². The maximum atomic E-state index is 11.9. The van der Waals surface area contributed by atoms with E-state index in [1.807, 2.05) is 19.9 Å². The predicted molar refractivity (Wildman–Crippen MR) is 69.4 cm³/mol. The molecule has 1 N–H and O–H groups in total. The molecule has 0 aromatic heterocycles. The van der Waals surface area contributed by atoms with E-state index in [0.29, 0.717) is 4.90 Å². The van der Waals surface area contributed by atoms with Gasteiger partial charge in [0.15, 0.2) is 0 Å².